The van der Waals surface area contributed by atoms with E-state index < -0.39 is 0 Å². The summed E-state index contributed by atoms with van der Waals surface area (Å²) >= 11 is 5.83. The molecule has 0 radical (unpaired) electrons. The van der Waals surface area contributed by atoms with E-state index in [2.05, 4.69) is 25.8 Å². The molecule has 1 N–H and O–H groups in total. The Kier molecular flexibility index (Phi) is 6.20. The number of ether oxygens (including phenoxy) is 2. The number of nitrogens with one attached hydrogen (secondary N) is 1. The summed E-state index contributed by atoms with van der Waals surface area (Å²) in [5.41, 5.74) is 4.28. The van der Waals surface area contributed by atoms with Gasteiger partial charge >= 0.3 is 5.97 Å². The van der Waals surface area contributed by atoms with Crippen LogP contribution in [0, 0.1) is 0 Å². The van der Waals surface area contributed by atoms with E-state index in [0.29, 0.717) is 10.7 Å². The summed E-state index contributed by atoms with van der Waals surface area (Å²) in [7, 11) is 3.02. The van der Waals surface area contributed by atoms with E-state index in [4.69, 9.17) is 21.7 Å². The number of thiocarbonyl (C=S) groups is 1. The van der Waals surface area contributed by atoms with E-state index in [1.807, 2.05) is 66.9 Å². The van der Waals surface area contributed by atoms with E-state index in [0.717, 1.165) is 28.5 Å². The van der Waals surface area contributed by atoms with E-state index in [1.54, 1.807) is 25.4 Å². The van der Waals surface area contributed by atoms with Crippen LogP contribution in [0.25, 0.3) is 5.69 Å². The molecule has 1 saturated heterocycles. The van der Waals surface area contributed by atoms with Crippen molar-refractivity contribution in [2.24, 2.45) is 0 Å². The molecule has 2 atom stereocenters. The van der Waals surface area contributed by atoms with Gasteiger partial charge in [-0.2, -0.15) is 0 Å². The molecule has 3 heterocycles. The second-order valence-corrected chi connectivity index (χ2v) is 8.42. The number of hydrogen-bond donors (Lipinski definition) is 1. The first-order chi connectivity index (χ1) is 17.1. The number of nitrogens with zero attached hydrogens (tertiary/aromatic N) is 3. The summed E-state index contributed by atoms with van der Waals surface area (Å²) in [6, 6.07) is 24.8. The van der Waals surface area contributed by atoms with Gasteiger partial charge in [-0.3, -0.25) is 4.98 Å². The van der Waals surface area contributed by atoms with Gasteiger partial charge in [0.1, 0.15) is 11.8 Å². The smallest absolute Gasteiger partial charge is 0.337 e. The molecule has 1 fully saturated rings. The zero-order chi connectivity index (χ0) is 24.4. The molecule has 5 rings (SSSR count). The summed E-state index contributed by atoms with van der Waals surface area (Å²) in [5.74, 6) is 0.411. The van der Waals surface area contributed by atoms with Crippen molar-refractivity contribution < 1.29 is 14.3 Å². The number of esters is 1. The van der Waals surface area contributed by atoms with Crippen molar-refractivity contribution in [2.75, 3.05) is 19.1 Å². The maximum atomic E-state index is 11.9. The molecule has 8 heteroatoms. The Labute approximate surface area is 208 Å². The molecule has 7 nitrogen and oxygen atoms in total. The minimum Gasteiger partial charge on any atom is -0.497 e. The molecule has 2 aromatic heterocycles. The minimum absolute atomic E-state index is 0.172. The number of methoxy groups -OCH3 is 2. The molecule has 0 aliphatic carbocycles. The lowest BCUT2D eigenvalue weighted by molar-refractivity contribution is 0.0600. The van der Waals surface area contributed by atoms with E-state index >= 15 is 0 Å². The Morgan fingerprint density at radius 2 is 1.69 bits per heavy atom. The average Bonchev–Trinajstić information content (AvgIpc) is 3.53. The Morgan fingerprint density at radius 3 is 2.34 bits per heavy atom. The van der Waals surface area contributed by atoms with Gasteiger partial charge in [0.25, 0.3) is 0 Å². The summed E-state index contributed by atoms with van der Waals surface area (Å²) in [6.45, 7) is 0. The van der Waals surface area contributed by atoms with Crippen molar-refractivity contribution in [1.82, 2.24) is 14.9 Å². The highest BCUT2D eigenvalue weighted by Gasteiger charge is 2.42. The van der Waals surface area contributed by atoms with Crippen LogP contribution in [0.4, 0.5) is 5.69 Å². The highest BCUT2D eigenvalue weighted by atomic mass is 32.1. The first-order valence-electron chi connectivity index (χ1n) is 11.1. The quantitative estimate of drug-likeness (QED) is 0.310. The third-order valence-electron chi connectivity index (χ3n) is 6.10. The van der Waals surface area contributed by atoms with Gasteiger partial charge in [0.2, 0.25) is 0 Å². The number of hydrogen-bond acceptors (Lipinski definition) is 5. The molecule has 1 aliphatic heterocycles. The highest BCUT2D eigenvalue weighted by molar-refractivity contribution is 7.80. The maximum absolute atomic E-state index is 11.9. The van der Waals surface area contributed by atoms with E-state index in [-0.39, 0.29) is 18.1 Å². The summed E-state index contributed by atoms with van der Waals surface area (Å²) in [4.78, 5) is 18.6. The lowest BCUT2D eigenvalue weighted by atomic mass is 10.0. The SMILES string of the molecule is COC(=O)c1ccc(-n2cccc2C2C(c3ccccn3)NC(=S)N2c2ccc(OC)cc2)cc1. The van der Waals surface area contributed by atoms with E-state index in [9.17, 15) is 4.79 Å². The summed E-state index contributed by atoms with van der Waals surface area (Å²) < 4.78 is 12.3. The molecule has 2 aromatic carbocycles. The predicted molar refractivity (Wildman–Crippen MR) is 138 cm³/mol. The second kappa shape index (κ2) is 9.60. The number of anilines is 1. The van der Waals surface area contributed by atoms with Crippen LogP contribution < -0.4 is 15.0 Å². The number of benzene rings is 2. The molecule has 35 heavy (non-hydrogen) atoms. The monoisotopic (exact) mass is 484 g/mol. The van der Waals surface area contributed by atoms with Crippen LogP contribution in [0.3, 0.4) is 0 Å². The van der Waals surface area contributed by atoms with Crippen LogP contribution >= 0.6 is 12.2 Å². The highest BCUT2D eigenvalue weighted by Crippen LogP contribution is 2.42. The summed E-state index contributed by atoms with van der Waals surface area (Å²) in [5, 5.41) is 4.10. The topological polar surface area (TPSA) is 68.6 Å². The van der Waals surface area contributed by atoms with Gasteiger partial charge in [0, 0.05) is 29.5 Å². The fourth-order valence-corrected chi connectivity index (χ4v) is 4.77. The maximum Gasteiger partial charge on any atom is 0.337 e. The number of pyridine rings is 1. The Balaban J connectivity index is 1.60. The van der Waals surface area contributed by atoms with Crippen LogP contribution in [0.5, 0.6) is 5.75 Å². The Morgan fingerprint density at radius 1 is 0.943 bits per heavy atom. The molecule has 0 spiro atoms. The number of carbonyl (C=O) groups excluding carboxylic acids is 1. The molecular formula is C27H24N4O3S. The van der Waals surface area contributed by atoms with Gasteiger partial charge in [0.15, 0.2) is 5.11 Å². The molecular weight excluding hydrogens is 460 g/mol. The normalized spacial score (nSPS) is 17.2. The first kappa shape index (κ1) is 22.6. The molecule has 176 valence electrons. The lowest BCUT2D eigenvalue weighted by Gasteiger charge is -2.29. The van der Waals surface area contributed by atoms with Gasteiger partial charge in [0.05, 0.1) is 31.5 Å². The molecule has 0 bridgehead atoms. The average molecular weight is 485 g/mol. The van der Waals surface area contributed by atoms with Crippen LogP contribution in [0.15, 0.2) is 91.3 Å². The third kappa shape index (κ3) is 4.24. The van der Waals surface area contributed by atoms with Gasteiger partial charge in [-0.15, -0.1) is 0 Å². The predicted octanol–water partition coefficient (Wildman–Crippen LogP) is 4.84. The fraction of sp³-hybridized carbons (Fsp3) is 0.148. The fourth-order valence-electron chi connectivity index (χ4n) is 4.42. The molecule has 1 aliphatic rings. The lowest BCUT2D eigenvalue weighted by Crippen LogP contribution is -2.30. The van der Waals surface area contributed by atoms with Crippen molar-refractivity contribution in [3.8, 4) is 11.4 Å². The van der Waals surface area contributed by atoms with Crippen molar-refractivity contribution in [3.63, 3.8) is 0 Å². The third-order valence-corrected chi connectivity index (χ3v) is 6.41. The summed E-state index contributed by atoms with van der Waals surface area (Å²) in [6.07, 6.45) is 3.79. The number of rotatable bonds is 6. The van der Waals surface area contributed by atoms with Crippen LogP contribution in [-0.2, 0) is 4.74 Å². The van der Waals surface area contributed by atoms with Gasteiger partial charge in [-0.1, -0.05) is 6.07 Å². The Hall–Kier alpha value is -4.17. The minimum atomic E-state index is -0.365. The van der Waals surface area contributed by atoms with Crippen molar-refractivity contribution in [1.29, 1.82) is 0 Å². The standard InChI is InChI=1S/C27H24N4O3S/c1-33-21-14-12-20(13-15-21)31-25(24(29-27(31)35)22-6-3-4-16-28-22)23-7-5-17-30(23)19-10-8-18(9-11-19)26(32)34-2/h3-17,24-25H,1-2H3,(H,29,35). The zero-order valence-electron chi connectivity index (χ0n) is 19.3. The zero-order valence-corrected chi connectivity index (χ0v) is 20.1. The number of aromatic nitrogens is 2. The van der Waals surface area contributed by atoms with Crippen LogP contribution in [0.1, 0.15) is 33.8 Å². The van der Waals surface area contributed by atoms with Crippen molar-refractivity contribution >= 4 is 29.0 Å². The first-order valence-corrected chi connectivity index (χ1v) is 11.5. The van der Waals surface area contributed by atoms with Crippen molar-refractivity contribution in [2.45, 2.75) is 12.1 Å². The molecule has 0 amide bonds. The van der Waals surface area contributed by atoms with Crippen LogP contribution in [-0.4, -0.2) is 34.9 Å². The van der Waals surface area contributed by atoms with Crippen molar-refractivity contribution in [3.05, 3.63) is 108 Å². The number of carbonyl (C=O) groups is 1. The van der Waals surface area contributed by atoms with Gasteiger partial charge in [-0.25, -0.2) is 4.79 Å². The van der Waals surface area contributed by atoms with Crippen LogP contribution in [0.2, 0.25) is 0 Å². The second-order valence-electron chi connectivity index (χ2n) is 8.04. The van der Waals surface area contributed by atoms with Gasteiger partial charge in [-0.05, 0) is 85.0 Å². The van der Waals surface area contributed by atoms with Gasteiger partial charge < -0.3 is 24.3 Å². The molecule has 4 aromatic rings. The Bertz CT molecular complexity index is 1340. The molecule has 0 saturated carbocycles. The largest absolute Gasteiger partial charge is 0.497 e. The molecule has 2 unspecified atom stereocenters. The van der Waals surface area contributed by atoms with E-state index in [1.165, 1.54) is 7.11 Å².